The van der Waals surface area contributed by atoms with Crippen LogP contribution in [0.2, 0.25) is 0 Å². The SMILES string of the molecule is CCOc1ccc(N[C@@H]2CC(=O)N(c3cc(C)ccc3C)C2=O)cc1. The van der Waals surface area contributed by atoms with Crippen LogP contribution in [-0.2, 0) is 9.59 Å². The molecule has 0 bridgehead atoms. The molecule has 0 radical (unpaired) electrons. The van der Waals surface area contributed by atoms with E-state index >= 15 is 0 Å². The maximum Gasteiger partial charge on any atom is 0.256 e. The molecule has 130 valence electrons. The highest BCUT2D eigenvalue weighted by atomic mass is 16.5. The summed E-state index contributed by atoms with van der Waals surface area (Å²) in [6.45, 7) is 6.39. The van der Waals surface area contributed by atoms with Crippen LogP contribution < -0.4 is 15.0 Å². The molecular formula is C20H22N2O3. The number of carbonyl (C=O) groups is 2. The van der Waals surface area contributed by atoms with Gasteiger partial charge in [-0.2, -0.15) is 0 Å². The first-order chi connectivity index (χ1) is 12.0. The fourth-order valence-electron chi connectivity index (χ4n) is 2.97. The fraction of sp³-hybridized carbons (Fsp3) is 0.300. The van der Waals surface area contributed by atoms with Crippen LogP contribution in [0.4, 0.5) is 11.4 Å². The average molecular weight is 338 g/mol. The Morgan fingerprint density at radius 2 is 1.84 bits per heavy atom. The monoisotopic (exact) mass is 338 g/mol. The molecule has 1 fully saturated rings. The molecule has 1 aliphatic rings. The van der Waals surface area contributed by atoms with Gasteiger partial charge in [0.15, 0.2) is 0 Å². The first-order valence-corrected chi connectivity index (χ1v) is 8.43. The van der Waals surface area contributed by atoms with E-state index in [4.69, 9.17) is 4.74 Å². The highest BCUT2D eigenvalue weighted by Crippen LogP contribution is 2.29. The van der Waals surface area contributed by atoms with Crippen LogP contribution in [0.15, 0.2) is 42.5 Å². The molecule has 2 aromatic rings. The van der Waals surface area contributed by atoms with E-state index in [9.17, 15) is 9.59 Å². The Hall–Kier alpha value is -2.82. The topological polar surface area (TPSA) is 58.6 Å². The first-order valence-electron chi connectivity index (χ1n) is 8.43. The van der Waals surface area contributed by atoms with Crippen LogP contribution >= 0.6 is 0 Å². The zero-order valence-corrected chi connectivity index (χ0v) is 14.7. The molecule has 0 aliphatic carbocycles. The van der Waals surface area contributed by atoms with Crippen molar-refractivity contribution >= 4 is 23.2 Å². The van der Waals surface area contributed by atoms with E-state index in [1.165, 1.54) is 4.90 Å². The van der Waals surface area contributed by atoms with Gasteiger partial charge in [-0.25, -0.2) is 4.90 Å². The van der Waals surface area contributed by atoms with Crippen molar-refractivity contribution in [3.05, 3.63) is 53.6 Å². The van der Waals surface area contributed by atoms with Gasteiger partial charge in [-0.15, -0.1) is 0 Å². The molecule has 2 aromatic carbocycles. The summed E-state index contributed by atoms with van der Waals surface area (Å²) in [6.07, 6.45) is 0.152. The van der Waals surface area contributed by atoms with E-state index in [0.717, 1.165) is 22.6 Å². The number of nitrogens with zero attached hydrogens (tertiary/aromatic N) is 1. The molecule has 5 heteroatoms. The minimum atomic E-state index is -0.551. The van der Waals surface area contributed by atoms with Gasteiger partial charge in [-0.1, -0.05) is 12.1 Å². The largest absolute Gasteiger partial charge is 0.494 e. The maximum absolute atomic E-state index is 12.8. The summed E-state index contributed by atoms with van der Waals surface area (Å²) in [7, 11) is 0. The molecule has 0 spiro atoms. The number of rotatable bonds is 5. The number of carbonyl (C=O) groups excluding carboxylic acids is 2. The fourth-order valence-corrected chi connectivity index (χ4v) is 2.97. The number of benzene rings is 2. The average Bonchev–Trinajstić information content (AvgIpc) is 2.86. The van der Waals surface area contributed by atoms with Crippen molar-refractivity contribution in [1.29, 1.82) is 0 Å². The summed E-state index contributed by atoms with van der Waals surface area (Å²) in [6, 6.07) is 12.6. The lowest BCUT2D eigenvalue weighted by atomic mass is 10.1. The summed E-state index contributed by atoms with van der Waals surface area (Å²) in [4.78, 5) is 26.5. The van der Waals surface area contributed by atoms with Crippen LogP contribution in [0.3, 0.4) is 0 Å². The molecule has 1 saturated heterocycles. The van der Waals surface area contributed by atoms with Crippen molar-refractivity contribution < 1.29 is 14.3 Å². The third-order valence-electron chi connectivity index (χ3n) is 4.26. The predicted octanol–water partition coefficient (Wildman–Crippen LogP) is 3.45. The van der Waals surface area contributed by atoms with Crippen molar-refractivity contribution in [1.82, 2.24) is 0 Å². The number of ether oxygens (including phenoxy) is 1. The van der Waals surface area contributed by atoms with Gasteiger partial charge in [-0.05, 0) is 62.2 Å². The molecular weight excluding hydrogens is 316 g/mol. The molecule has 1 N–H and O–H groups in total. The van der Waals surface area contributed by atoms with Crippen LogP contribution in [0.5, 0.6) is 5.75 Å². The second kappa shape index (κ2) is 6.97. The van der Waals surface area contributed by atoms with Crippen LogP contribution in [0, 0.1) is 13.8 Å². The number of amides is 2. The van der Waals surface area contributed by atoms with Gasteiger partial charge in [0.1, 0.15) is 11.8 Å². The summed E-state index contributed by atoms with van der Waals surface area (Å²) in [5.41, 5.74) is 3.39. The lowest BCUT2D eigenvalue weighted by Gasteiger charge is -2.18. The van der Waals surface area contributed by atoms with Crippen LogP contribution in [0.25, 0.3) is 0 Å². The van der Waals surface area contributed by atoms with Gasteiger partial charge in [0.2, 0.25) is 5.91 Å². The minimum Gasteiger partial charge on any atom is -0.494 e. The van der Waals surface area contributed by atoms with E-state index in [-0.39, 0.29) is 18.2 Å². The highest BCUT2D eigenvalue weighted by molar-refractivity contribution is 6.23. The van der Waals surface area contributed by atoms with Gasteiger partial charge in [0.25, 0.3) is 5.91 Å². The number of hydrogen-bond acceptors (Lipinski definition) is 4. The number of hydrogen-bond donors (Lipinski definition) is 1. The first kappa shape index (κ1) is 17.0. The van der Waals surface area contributed by atoms with Gasteiger partial charge in [-0.3, -0.25) is 9.59 Å². The van der Waals surface area contributed by atoms with Gasteiger partial charge in [0, 0.05) is 5.69 Å². The minimum absolute atomic E-state index is 0.152. The summed E-state index contributed by atoms with van der Waals surface area (Å²) >= 11 is 0. The number of imide groups is 1. The Kier molecular flexibility index (Phi) is 4.74. The maximum atomic E-state index is 12.8. The normalized spacial score (nSPS) is 17.1. The molecule has 1 atom stereocenters. The quantitative estimate of drug-likeness (QED) is 0.849. The van der Waals surface area contributed by atoms with E-state index in [1.54, 1.807) is 0 Å². The van der Waals surface area contributed by atoms with Crippen molar-refractivity contribution in [2.24, 2.45) is 0 Å². The summed E-state index contributed by atoms with van der Waals surface area (Å²) < 4.78 is 5.41. The Bertz CT molecular complexity index is 799. The van der Waals surface area contributed by atoms with E-state index < -0.39 is 6.04 Å². The molecule has 25 heavy (non-hydrogen) atoms. The van der Waals surface area contributed by atoms with E-state index in [1.807, 2.05) is 63.2 Å². The zero-order valence-electron chi connectivity index (χ0n) is 14.7. The van der Waals surface area contributed by atoms with Crippen LogP contribution in [-0.4, -0.2) is 24.5 Å². The molecule has 2 amide bonds. The Morgan fingerprint density at radius 3 is 2.52 bits per heavy atom. The number of aryl methyl sites for hydroxylation is 2. The van der Waals surface area contributed by atoms with E-state index in [2.05, 4.69) is 5.32 Å². The second-order valence-electron chi connectivity index (χ2n) is 6.22. The van der Waals surface area contributed by atoms with Crippen LogP contribution in [0.1, 0.15) is 24.5 Å². The third kappa shape index (κ3) is 3.50. The van der Waals surface area contributed by atoms with Crippen molar-refractivity contribution in [2.75, 3.05) is 16.8 Å². The van der Waals surface area contributed by atoms with Crippen molar-refractivity contribution in [2.45, 2.75) is 33.2 Å². The molecule has 1 heterocycles. The van der Waals surface area contributed by atoms with Gasteiger partial charge in [0.05, 0.1) is 18.7 Å². The Morgan fingerprint density at radius 1 is 1.12 bits per heavy atom. The molecule has 0 aromatic heterocycles. The third-order valence-corrected chi connectivity index (χ3v) is 4.26. The highest BCUT2D eigenvalue weighted by Gasteiger charge is 2.40. The summed E-state index contributed by atoms with van der Waals surface area (Å²) in [5, 5.41) is 3.16. The Balaban J connectivity index is 1.78. The smallest absolute Gasteiger partial charge is 0.256 e. The molecule has 3 rings (SSSR count). The lowest BCUT2D eigenvalue weighted by Crippen LogP contribution is -2.35. The zero-order chi connectivity index (χ0) is 18.0. The van der Waals surface area contributed by atoms with Gasteiger partial charge >= 0.3 is 0 Å². The van der Waals surface area contributed by atoms with Crippen molar-refractivity contribution in [3.63, 3.8) is 0 Å². The van der Waals surface area contributed by atoms with E-state index in [0.29, 0.717) is 12.3 Å². The molecule has 0 unspecified atom stereocenters. The standard InChI is InChI=1S/C20H22N2O3/c1-4-25-16-9-7-15(8-10-16)21-17-12-19(23)22(20(17)24)18-11-13(2)5-6-14(18)3/h5-11,17,21H,4,12H2,1-3H3/t17-/m1/s1. The summed E-state index contributed by atoms with van der Waals surface area (Å²) in [5.74, 6) is 0.383. The second-order valence-corrected chi connectivity index (χ2v) is 6.22. The van der Waals surface area contributed by atoms with Gasteiger partial charge < -0.3 is 10.1 Å². The lowest BCUT2D eigenvalue weighted by molar-refractivity contribution is -0.121. The molecule has 5 nitrogen and oxygen atoms in total. The number of anilines is 2. The number of nitrogens with one attached hydrogen (secondary N) is 1. The predicted molar refractivity (Wildman–Crippen MR) is 98.0 cm³/mol. The van der Waals surface area contributed by atoms with Crippen molar-refractivity contribution in [3.8, 4) is 5.75 Å². The Labute approximate surface area is 147 Å². The molecule has 0 saturated carbocycles. The molecule has 1 aliphatic heterocycles.